The highest BCUT2D eigenvalue weighted by Gasteiger charge is 2.20. The lowest BCUT2D eigenvalue weighted by molar-refractivity contribution is 0.0953. The first kappa shape index (κ1) is 26.8. The molecule has 0 aliphatic rings. The van der Waals surface area contributed by atoms with Crippen LogP contribution in [0.2, 0.25) is 0 Å². The number of hydrogen-bond acceptors (Lipinski definition) is 7. The van der Waals surface area contributed by atoms with Crippen LogP contribution in [0.15, 0.2) is 59.8 Å². The molecule has 0 aliphatic carbocycles. The van der Waals surface area contributed by atoms with Crippen molar-refractivity contribution in [1.29, 1.82) is 0 Å². The zero-order chi connectivity index (χ0) is 27.4. The average Bonchev–Trinajstić information content (AvgIpc) is 3.31. The number of amides is 1. The molecule has 4 rings (SSSR count). The van der Waals surface area contributed by atoms with Crippen molar-refractivity contribution in [3.8, 4) is 22.9 Å². The SMILES string of the molecule is CCCNC(=O)c1ccc(C)c(Oc2cc(-c3c(C)cccc3C)nc(NS(=O)(=O)c3cnn(C)c3)n2)c1. The standard InChI is InChI=1S/C27H30N6O4S/c1-6-12-28-26(34)20-11-10-17(2)23(13-20)37-24-14-22(25-18(3)8-7-9-19(25)4)30-27(31-24)32-38(35,36)21-15-29-33(5)16-21/h7-11,13-16H,6,12H2,1-5H3,(H,28,34)(H,30,31,32). The van der Waals surface area contributed by atoms with Gasteiger partial charge in [-0.25, -0.2) is 18.1 Å². The summed E-state index contributed by atoms with van der Waals surface area (Å²) in [5, 5.41) is 6.79. The van der Waals surface area contributed by atoms with E-state index in [-0.39, 0.29) is 22.6 Å². The van der Waals surface area contributed by atoms with Gasteiger partial charge < -0.3 is 10.1 Å². The summed E-state index contributed by atoms with van der Waals surface area (Å²) in [7, 11) is -2.38. The highest BCUT2D eigenvalue weighted by atomic mass is 32.2. The largest absolute Gasteiger partial charge is 0.439 e. The van der Waals surface area contributed by atoms with Crippen molar-refractivity contribution in [2.75, 3.05) is 11.3 Å². The molecule has 2 heterocycles. The lowest BCUT2D eigenvalue weighted by Gasteiger charge is -2.15. The van der Waals surface area contributed by atoms with Crippen molar-refractivity contribution in [2.24, 2.45) is 7.05 Å². The second kappa shape index (κ2) is 11.0. The van der Waals surface area contributed by atoms with Crippen LogP contribution in [0.3, 0.4) is 0 Å². The smallest absolute Gasteiger partial charge is 0.267 e. The number of carbonyl (C=O) groups is 1. The van der Waals surface area contributed by atoms with Crippen molar-refractivity contribution in [1.82, 2.24) is 25.1 Å². The third-order valence-corrected chi connectivity index (χ3v) is 7.14. The molecule has 0 radical (unpaired) electrons. The van der Waals surface area contributed by atoms with Gasteiger partial charge in [-0.15, -0.1) is 0 Å². The molecule has 4 aromatic rings. The number of rotatable bonds is 9. The molecule has 0 fully saturated rings. The fourth-order valence-electron chi connectivity index (χ4n) is 3.89. The predicted molar refractivity (Wildman–Crippen MR) is 145 cm³/mol. The molecule has 0 spiro atoms. The number of anilines is 1. The van der Waals surface area contributed by atoms with E-state index in [0.29, 0.717) is 23.6 Å². The topological polar surface area (TPSA) is 128 Å². The first-order valence-electron chi connectivity index (χ1n) is 12.1. The van der Waals surface area contributed by atoms with E-state index in [2.05, 4.69) is 25.1 Å². The molecule has 11 heteroatoms. The van der Waals surface area contributed by atoms with Crippen molar-refractivity contribution in [2.45, 2.75) is 39.0 Å². The van der Waals surface area contributed by atoms with E-state index in [0.717, 1.165) is 28.7 Å². The van der Waals surface area contributed by atoms with Gasteiger partial charge in [0, 0.05) is 37.0 Å². The van der Waals surface area contributed by atoms with Crippen LogP contribution in [-0.2, 0) is 17.1 Å². The molecular formula is C27H30N6O4S. The zero-order valence-electron chi connectivity index (χ0n) is 21.9. The van der Waals surface area contributed by atoms with E-state index in [4.69, 9.17) is 4.74 Å². The van der Waals surface area contributed by atoms with Crippen LogP contribution in [0, 0.1) is 20.8 Å². The molecule has 2 N–H and O–H groups in total. The summed E-state index contributed by atoms with van der Waals surface area (Å²) in [6.07, 6.45) is 3.45. The summed E-state index contributed by atoms with van der Waals surface area (Å²) in [5.41, 5.74) is 4.47. The summed E-state index contributed by atoms with van der Waals surface area (Å²) in [4.78, 5) is 21.3. The number of sulfonamides is 1. The third-order valence-electron chi connectivity index (χ3n) is 5.86. The molecule has 10 nitrogen and oxygen atoms in total. The Bertz CT molecular complexity index is 1580. The number of aromatic nitrogens is 4. The van der Waals surface area contributed by atoms with Crippen LogP contribution in [0.4, 0.5) is 5.95 Å². The van der Waals surface area contributed by atoms with E-state index in [9.17, 15) is 13.2 Å². The average molecular weight is 535 g/mol. The maximum Gasteiger partial charge on any atom is 0.267 e. The Morgan fingerprint density at radius 3 is 2.42 bits per heavy atom. The van der Waals surface area contributed by atoms with Gasteiger partial charge in [-0.05, 0) is 56.0 Å². The lowest BCUT2D eigenvalue weighted by Crippen LogP contribution is -2.23. The quantitative estimate of drug-likeness (QED) is 0.323. The van der Waals surface area contributed by atoms with E-state index in [1.54, 1.807) is 31.3 Å². The molecule has 2 aromatic heterocycles. The summed E-state index contributed by atoms with van der Waals surface area (Å²) in [6, 6.07) is 12.6. The lowest BCUT2D eigenvalue weighted by atomic mass is 10.00. The van der Waals surface area contributed by atoms with Gasteiger partial charge >= 0.3 is 0 Å². The number of nitrogens with one attached hydrogen (secondary N) is 2. The summed E-state index contributed by atoms with van der Waals surface area (Å²) >= 11 is 0. The minimum Gasteiger partial charge on any atom is -0.439 e. The number of ether oxygens (including phenoxy) is 1. The highest BCUT2D eigenvalue weighted by Crippen LogP contribution is 2.32. The molecule has 0 aliphatic heterocycles. The fraction of sp³-hybridized carbons (Fsp3) is 0.259. The van der Waals surface area contributed by atoms with Gasteiger partial charge in [0.2, 0.25) is 11.8 Å². The van der Waals surface area contributed by atoms with E-state index in [1.165, 1.54) is 17.1 Å². The second-order valence-corrected chi connectivity index (χ2v) is 10.7. The van der Waals surface area contributed by atoms with Gasteiger partial charge in [0.15, 0.2) is 0 Å². The first-order valence-corrected chi connectivity index (χ1v) is 13.6. The van der Waals surface area contributed by atoms with Crippen LogP contribution < -0.4 is 14.8 Å². The minimum atomic E-state index is -4.00. The van der Waals surface area contributed by atoms with Crippen LogP contribution in [0.25, 0.3) is 11.3 Å². The Labute approximate surface area is 222 Å². The molecule has 38 heavy (non-hydrogen) atoms. The summed E-state index contributed by atoms with van der Waals surface area (Å²) in [5.74, 6) is 0.177. The number of nitrogens with zero attached hydrogens (tertiary/aromatic N) is 4. The molecule has 1 amide bonds. The van der Waals surface area contributed by atoms with E-state index in [1.807, 2.05) is 45.9 Å². The Kier molecular flexibility index (Phi) is 7.77. The Balaban J connectivity index is 1.77. The first-order chi connectivity index (χ1) is 18.1. The highest BCUT2D eigenvalue weighted by molar-refractivity contribution is 7.92. The molecule has 2 aromatic carbocycles. The van der Waals surface area contributed by atoms with Gasteiger partial charge in [0.05, 0.1) is 11.9 Å². The molecule has 0 saturated carbocycles. The van der Waals surface area contributed by atoms with Gasteiger partial charge in [0.1, 0.15) is 10.6 Å². The maximum absolute atomic E-state index is 13.0. The molecule has 0 bridgehead atoms. The van der Waals surface area contributed by atoms with Crippen LogP contribution >= 0.6 is 0 Å². The summed E-state index contributed by atoms with van der Waals surface area (Å²) < 4.78 is 36.0. The zero-order valence-corrected chi connectivity index (χ0v) is 22.8. The fourth-order valence-corrected chi connectivity index (χ4v) is 4.82. The number of hydrogen-bond donors (Lipinski definition) is 2. The summed E-state index contributed by atoms with van der Waals surface area (Å²) in [6.45, 7) is 8.30. The molecule has 0 saturated heterocycles. The van der Waals surface area contributed by atoms with E-state index < -0.39 is 10.0 Å². The van der Waals surface area contributed by atoms with Gasteiger partial charge in [-0.2, -0.15) is 10.1 Å². The minimum absolute atomic E-state index is 0.0230. The second-order valence-electron chi connectivity index (χ2n) is 8.98. The van der Waals surface area contributed by atoms with Crippen molar-refractivity contribution in [3.05, 3.63) is 77.1 Å². The molecule has 0 atom stereocenters. The number of carbonyl (C=O) groups excluding carboxylic acids is 1. The predicted octanol–water partition coefficient (Wildman–Crippen LogP) is 4.54. The monoisotopic (exact) mass is 534 g/mol. The Morgan fingerprint density at radius 1 is 1.03 bits per heavy atom. The molecular weight excluding hydrogens is 504 g/mol. The van der Waals surface area contributed by atoms with Crippen LogP contribution in [-0.4, -0.2) is 40.6 Å². The normalized spacial score (nSPS) is 11.3. The Hall–Kier alpha value is -4.25. The molecule has 198 valence electrons. The van der Waals surface area contributed by atoms with Crippen LogP contribution in [0.1, 0.15) is 40.4 Å². The maximum atomic E-state index is 13.0. The van der Waals surface area contributed by atoms with Gasteiger partial charge in [-0.3, -0.25) is 9.48 Å². The van der Waals surface area contributed by atoms with Crippen molar-refractivity contribution >= 4 is 21.9 Å². The van der Waals surface area contributed by atoms with E-state index >= 15 is 0 Å². The number of benzene rings is 2. The van der Waals surface area contributed by atoms with Crippen LogP contribution in [0.5, 0.6) is 11.6 Å². The van der Waals surface area contributed by atoms with Gasteiger partial charge in [-0.1, -0.05) is 31.2 Å². The Morgan fingerprint density at radius 2 is 1.76 bits per heavy atom. The van der Waals surface area contributed by atoms with Gasteiger partial charge in [0.25, 0.3) is 15.9 Å². The number of aryl methyl sites for hydroxylation is 4. The van der Waals surface area contributed by atoms with Crippen molar-refractivity contribution < 1.29 is 17.9 Å². The van der Waals surface area contributed by atoms with Crippen molar-refractivity contribution in [3.63, 3.8) is 0 Å². The molecule has 0 unspecified atom stereocenters. The third kappa shape index (κ3) is 6.00.